The van der Waals surface area contributed by atoms with Crippen molar-refractivity contribution in [1.82, 2.24) is 15.3 Å². The van der Waals surface area contributed by atoms with Gasteiger partial charge in [-0.25, -0.2) is 4.98 Å². The van der Waals surface area contributed by atoms with Crippen molar-refractivity contribution in [3.8, 4) is 0 Å². The molecule has 0 saturated carbocycles. The molecule has 0 aromatic carbocycles. The zero-order valence-corrected chi connectivity index (χ0v) is 9.20. The second kappa shape index (κ2) is 5.22. The first-order chi connectivity index (χ1) is 7.84. The lowest BCUT2D eigenvalue weighted by molar-refractivity contribution is 0.503. The Labute approximate surface area is 97.9 Å². The minimum Gasteiger partial charge on any atom is -0.467 e. The van der Waals surface area contributed by atoms with Gasteiger partial charge in [-0.2, -0.15) is 0 Å². The van der Waals surface area contributed by atoms with E-state index in [2.05, 4.69) is 20.6 Å². The Morgan fingerprint density at radius 3 is 3.06 bits per heavy atom. The van der Waals surface area contributed by atoms with Crippen molar-refractivity contribution in [2.24, 2.45) is 0 Å². The molecule has 0 atom stereocenters. The van der Waals surface area contributed by atoms with Crippen LogP contribution in [0.2, 0.25) is 0 Å². The number of rotatable bonds is 3. The van der Waals surface area contributed by atoms with Crippen LogP contribution in [0.25, 0.3) is 0 Å². The molecule has 82 valence electrons. The molecule has 0 bridgehead atoms. The zero-order chi connectivity index (χ0) is 11.2. The molecule has 0 aliphatic carbocycles. The summed E-state index contributed by atoms with van der Waals surface area (Å²) < 4.78 is 5.16. The van der Waals surface area contributed by atoms with E-state index in [1.165, 1.54) is 0 Å². The van der Waals surface area contributed by atoms with Crippen LogP contribution in [0.5, 0.6) is 0 Å². The highest BCUT2D eigenvalue weighted by Gasteiger charge is 1.99. The van der Waals surface area contributed by atoms with E-state index < -0.39 is 0 Å². The largest absolute Gasteiger partial charge is 0.467 e. The number of thiocarbonyl (C=S) groups is 1. The maximum absolute atomic E-state index is 5.16. The molecule has 0 radical (unpaired) electrons. The summed E-state index contributed by atoms with van der Waals surface area (Å²) in [6, 6.07) is 3.70. The molecule has 16 heavy (non-hydrogen) atoms. The number of hydrogen-bond donors (Lipinski definition) is 2. The van der Waals surface area contributed by atoms with E-state index in [1.54, 1.807) is 24.9 Å². The van der Waals surface area contributed by atoms with Crippen molar-refractivity contribution in [1.29, 1.82) is 0 Å². The molecule has 2 aromatic rings. The maximum Gasteiger partial charge on any atom is 0.172 e. The van der Waals surface area contributed by atoms with E-state index in [0.717, 1.165) is 5.76 Å². The third-order valence-corrected chi connectivity index (χ3v) is 2.05. The second-order valence-electron chi connectivity index (χ2n) is 2.98. The Kier molecular flexibility index (Phi) is 3.45. The van der Waals surface area contributed by atoms with Gasteiger partial charge in [0.25, 0.3) is 0 Å². The van der Waals surface area contributed by atoms with Crippen LogP contribution in [0.3, 0.4) is 0 Å². The van der Waals surface area contributed by atoms with Crippen molar-refractivity contribution < 1.29 is 4.42 Å². The van der Waals surface area contributed by atoms with Gasteiger partial charge in [0.1, 0.15) is 5.76 Å². The molecule has 0 aliphatic heterocycles. The first kappa shape index (κ1) is 10.6. The van der Waals surface area contributed by atoms with Crippen LogP contribution in [0.15, 0.2) is 41.4 Å². The van der Waals surface area contributed by atoms with Gasteiger partial charge in [-0.3, -0.25) is 4.98 Å². The lowest BCUT2D eigenvalue weighted by atomic mass is 10.4. The molecule has 0 spiro atoms. The van der Waals surface area contributed by atoms with Crippen LogP contribution in [0.1, 0.15) is 5.76 Å². The first-order valence-electron chi connectivity index (χ1n) is 4.68. The van der Waals surface area contributed by atoms with Crippen molar-refractivity contribution in [2.75, 3.05) is 5.32 Å². The molecule has 0 unspecified atom stereocenters. The number of nitrogens with zero attached hydrogens (tertiary/aromatic N) is 2. The molecule has 0 aliphatic rings. The first-order valence-corrected chi connectivity index (χ1v) is 5.08. The summed E-state index contributed by atoms with van der Waals surface area (Å²) in [6.07, 6.45) is 6.42. The Hall–Kier alpha value is -1.95. The fourth-order valence-corrected chi connectivity index (χ4v) is 1.28. The molecular formula is C10H10N4OS. The highest BCUT2D eigenvalue weighted by atomic mass is 32.1. The molecule has 6 heteroatoms. The van der Waals surface area contributed by atoms with Gasteiger partial charge in [-0.1, -0.05) is 0 Å². The number of hydrogen-bond acceptors (Lipinski definition) is 4. The van der Waals surface area contributed by atoms with Gasteiger partial charge in [-0.15, -0.1) is 0 Å². The van der Waals surface area contributed by atoms with E-state index in [1.807, 2.05) is 12.1 Å². The highest BCUT2D eigenvalue weighted by Crippen LogP contribution is 2.00. The van der Waals surface area contributed by atoms with Gasteiger partial charge >= 0.3 is 0 Å². The summed E-state index contributed by atoms with van der Waals surface area (Å²) in [5.41, 5.74) is 0. The van der Waals surface area contributed by atoms with Crippen LogP contribution < -0.4 is 10.6 Å². The van der Waals surface area contributed by atoms with E-state index in [4.69, 9.17) is 16.6 Å². The van der Waals surface area contributed by atoms with E-state index >= 15 is 0 Å². The second-order valence-corrected chi connectivity index (χ2v) is 3.39. The summed E-state index contributed by atoms with van der Waals surface area (Å²) >= 11 is 5.08. The number of aromatic nitrogens is 2. The van der Waals surface area contributed by atoms with Gasteiger partial charge < -0.3 is 15.1 Å². The summed E-state index contributed by atoms with van der Waals surface area (Å²) in [5.74, 6) is 1.43. The van der Waals surface area contributed by atoms with E-state index in [9.17, 15) is 0 Å². The van der Waals surface area contributed by atoms with E-state index in [0.29, 0.717) is 17.5 Å². The molecule has 2 heterocycles. The topological polar surface area (TPSA) is 63.0 Å². The van der Waals surface area contributed by atoms with Crippen molar-refractivity contribution in [3.63, 3.8) is 0 Å². The Balaban J connectivity index is 1.81. The van der Waals surface area contributed by atoms with Crippen molar-refractivity contribution >= 4 is 23.1 Å². The molecule has 0 amide bonds. The number of nitrogens with one attached hydrogen (secondary N) is 2. The Bertz CT molecular complexity index is 443. The van der Waals surface area contributed by atoms with Gasteiger partial charge in [0.05, 0.1) is 19.0 Å². The molecular weight excluding hydrogens is 224 g/mol. The summed E-state index contributed by atoms with van der Waals surface area (Å²) in [4.78, 5) is 7.96. The molecule has 2 N–H and O–H groups in total. The van der Waals surface area contributed by atoms with Gasteiger partial charge in [0, 0.05) is 12.4 Å². The Morgan fingerprint density at radius 1 is 1.44 bits per heavy atom. The van der Waals surface area contributed by atoms with Crippen LogP contribution in [-0.2, 0) is 6.54 Å². The minimum absolute atomic E-state index is 0.483. The fraction of sp³-hybridized carbons (Fsp3) is 0.100. The minimum atomic E-state index is 0.483. The van der Waals surface area contributed by atoms with Crippen LogP contribution in [0, 0.1) is 0 Å². The van der Waals surface area contributed by atoms with Crippen LogP contribution >= 0.6 is 12.2 Å². The average Bonchev–Trinajstić information content (AvgIpc) is 2.81. The monoisotopic (exact) mass is 234 g/mol. The predicted octanol–water partition coefficient (Wildman–Crippen LogP) is 1.56. The molecule has 5 nitrogen and oxygen atoms in total. The van der Waals surface area contributed by atoms with Crippen LogP contribution in [0.4, 0.5) is 5.82 Å². The predicted molar refractivity (Wildman–Crippen MR) is 63.8 cm³/mol. The zero-order valence-electron chi connectivity index (χ0n) is 8.38. The number of anilines is 1. The van der Waals surface area contributed by atoms with Gasteiger partial charge in [-0.05, 0) is 24.4 Å². The highest BCUT2D eigenvalue weighted by molar-refractivity contribution is 7.80. The summed E-state index contributed by atoms with van der Waals surface area (Å²) in [5, 5.41) is 6.38. The van der Waals surface area contributed by atoms with E-state index in [-0.39, 0.29) is 0 Å². The molecule has 0 saturated heterocycles. The average molecular weight is 234 g/mol. The lowest BCUT2D eigenvalue weighted by Crippen LogP contribution is -2.28. The standard InChI is InChI=1S/C10H10N4OS/c16-10(13-6-8-2-1-5-15-8)14-9-7-11-3-4-12-9/h1-5,7H,6H2,(H2,12,13,14,16). The quantitative estimate of drug-likeness (QED) is 0.786. The third-order valence-electron chi connectivity index (χ3n) is 1.81. The SMILES string of the molecule is S=C(NCc1ccco1)Nc1cnccn1. The normalized spacial score (nSPS) is 9.75. The van der Waals surface area contributed by atoms with Gasteiger partial charge in [0.15, 0.2) is 10.9 Å². The van der Waals surface area contributed by atoms with Crippen molar-refractivity contribution in [2.45, 2.75) is 6.54 Å². The maximum atomic E-state index is 5.16. The van der Waals surface area contributed by atoms with Gasteiger partial charge in [0.2, 0.25) is 0 Å². The molecule has 2 rings (SSSR count). The molecule has 2 aromatic heterocycles. The van der Waals surface area contributed by atoms with Crippen LogP contribution in [-0.4, -0.2) is 15.1 Å². The number of furan rings is 1. The Morgan fingerprint density at radius 2 is 2.38 bits per heavy atom. The summed E-state index contributed by atoms with van der Waals surface area (Å²) in [7, 11) is 0. The molecule has 0 fully saturated rings. The lowest BCUT2D eigenvalue weighted by Gasteiger charge is -2.07. The smallest absolute Gasteiger partial charge is 0.172 e. The van der Waals surface area contributed by atoms with Crippen molar-refractivity contribution in [3.05, 3.63) is 42.7 Å². The fourth-order valence-electron chi connectivity index (χ4n) is 1.10. The summed E-state index contributed by atoms with van der Waals surface area (Å²) in [6.45, 7) is 0.541. The third kappa shape index (κ3) is 3.03.